The molecule has 304 valence electrons. The molecule has 3 heteroatoms. The first-order valence-corrected chi connectivity index (χ1v) is 22.3. The van der Waals surface area contributed by atoms with Crippen LogP contribution in [-0.2, 0) is 0 Å². The Morgan fingerprint density at radius 1 is 0.323 bits per heavy atom. The third-order valence-electron chi connectivity index (χ3n) is 13.2. The monoisotopic (exact) mass is 828 g/mol. The molecule has 13 aromatic rings. The molecule has 0 saturated carbocycles. The molecule has 65 heavy (non-hydrogen) atoms. The third kappa shape index (κ3) is 5.97. The predicted molar refractivity (Wildman–Crippen MR) is 274 cm³/mol. The number of furan rings is 1. The van der Waals surface area contributed by atoms with Crippen molar-refractivity contribution in [2.24, 2.45) is 0 Å². The quantitative estimate of drug-likeness (QED) is 0.149. The van der Waals surface area contributed by atoms with Gasteiger partial charge in [-0.25, -0.2) is 0 Å². The second-order valence-electron chi connectivity index (χ2n) is 16.8. The van der Waals surface area contributed by atoms with Gasteiger partial charge in [0.2, 0.25) is 0 Å². The van der Waals surface area contributed by atoms with E-state index in [1.165, 1.54) is 54.5 Å². The van der Waals surface area contributed by atoms with Crippen molar-refractivity contribution in [3.05, 3.63) is 243 Å². The summed E-state index contributed by atoms with van der Waals surface area (Å²) in [6.07, 6.45) is 0. The van der Waals surface area contributed by atoms with Gasteiger partial charge in [-0.1, -0.05) is 182 Å². The fraction of sp³-hybridized carbons (Fsp3) is 0. The molecule has 0 aliphatic rings. The molecule has 13 rings (SSSR count). The normalized spacial score (nSPS) is 11.7. The molecule has 0 unspecified atom stereocenters. The standard InChI is InChI=1S/C62H40N2O/c1-2-17-46-43(16-1)40-56(49-19-4-3-18-48(46)49)42-34-38-45(39-35-42)63(44-36-32-41(33-37-44)47-25-15-26-55-54-24-9-14-31-61(54)65-62(47)55)57-27-10-5-20-50(57)51-21-6-11-28-58(51)64-59-29-12-7-22-52(59)53-23-8-13-30-60(53)64/h1-40H. The second kappa shape index (κ2) is 15.0. The molecular formula is C62H40N2O. The van der Waals surface area contributed by atoms with E-state index in [9.17, 15) is 0 Å². The van der Waals surface area contributed by atoms with Crippen LogP contribution >= 0.6 is 0 Å². The smallest absolute Gasteiger partial charge is 0.143 e. The molecule has 0 bridgehead atoms. The minimum atomic E-state index is 0.899. The van der Waals surface area contributed by atoms with E-state index < -0.39 is 0 Å². The molecular weight excluding hydrogens is 789 g/mol. The number of aromatic nitrogens is 1. The number of hydrogen-bond acceptors (Lipinski definition) is 2. The molecule has 0 aliphatic heterocycles. The highest BCUT2D eigenvalue weighted by Crippen LogP contribution is 2.46. The Labute approximate surface area is 376 Å². The largest absolute Gasteiger partial charge is 0.455 e. The first-order chi connectivity index (χ1) is 32.3. The summed E-state index contributed by atoms with van der Waals surface area (Å²) in [5.74, 6) is 0. The van der Waals surface area contributed by atoms with Gasteiger partial charge in [-0.3, -0.25) is 0 Å². The third-order valence-corrected chi connectivity index (χ3v) is 13.2. The van der Waals surface area contributed by atoms with Gasteiger partial charge < -0.3 is 13.9 Å². The zero-order chi connectivity index (χ0) is 42.8. The van der Waals surface area contributed by atoms with Crippen LogP contribution in [0.15, 0.2) is 247 Å². The average molecular weight is 829 g/mol. The lowest BCUT2D eigenvalue weighted by Gasteiger charge is -2.29. The molecule has 0 aliphatic carbocycles. The molecule has 3 nitrogen and oxygen atoms in total. The Morgan fingerprint density at radius 3 is 1.55 bits per heavy atom. The SMILES string of the molecule is c1ccc(N(c2ccc(-c3cc4ccccc4c4ccccc34)cc2)c2ccc(-c3cccc4c3oc3ccccc34)cc2)c(-c2ccccc2-n2c3ccccc3c3ccccc32)c1. The molecule has 2 aromatic heterocycles. The van der Waals surface area contributed by atoms with E-state index in [1.54, 1.807) is 0 Å². The topological polar surface area (TPSA) is 21.3 Å². The predicted octanol–water partition coefficient (Wildman–Crippen LogP) is 17.5. The van der Waals surface area contributed by atoms with Crippen molar-refractivity contribution >= 4 is 82.4 Å². The highest BCUT2D eigenvalue weighted by molar-refractivity contribution is 6.14. The van der Waals surface area contributed by atoms with Crippen LogP contribution < -0.4 is 4.90 Å². The van der Waals surface area contributed by atoms with Gasteiger partial charge in [0.1, 0.15) is 11.2 Å². The lowest BCUT2D eigenvalue weighted by Crippen LogP contribution is -2.11. The maximum atomic E-state index is 6.50. The van der Waals surface area contributed by atoms with E-state index in [1.807, 2.05) is 12.1 Å². The van der Waals surface area contributed by atoms with Crippen molar-refractivity contribution in [1.29, 1.82) is 0 Å². The lowest BCUT2D eigenvalue weighted by molar-refractivity contribution is 0.670. The summed E-state index contributed by atoms with van der Waals surface area (Å²) in [5, 5.41) is 9.76. The number of rotatable bonds is 7. The van der Waals surface area contributed by atoms with Gasteiger partial charge in [0, 0.05) is 49.6 Å². The van der Waals surface area contributed by atoms with Crippen molar-refractivity contribution in [3.8, 4) is 39.1 Å². The van der Waals surface area contributed by atoms with Crippen LogP contribution in [0.25, 0.3) is 104 Å². The van der Waals surface area contributed by atoms with Gasteiger partial charge in [-0.05, 0) is 98.9 Å². The molecule has 0 N–H and O–H groups in total. The minimum absolute atomic E-state index is 0.899. The summed E-state index contributed by atoms with van der Waals surface area (Å²) < 4.78 is 8.93. The van der Waals surface area contributed by atoms with Crippen LogP contribution in [0, 0.1) is 0 Å². The summed E-state index contributed by atoms with van der Waals surface area (Å²) in [7, 11) is 0. The molecule has 11 aromatic carbocycles. The first-order valence-electron chi connectivity index (χ1n) is 22.3. The molecule has 0 fully saturated rings. The van der Waals surface area contributed by atoms with Crippen molar-refractivity contribution < 1.29 is 4.42 Å². The molecule has 0 saturated heterocycles. The zero-order valence-corrected chi connectivity index (χ0v) is 35.4. The molecule has 0 spiro atoms. The van der Waals surface area contributed by atoms with Crippen LogP contribution in [0.3, 0.4) is 0 Å². The van der Waals surface area contributed by atoms with Crippen molar-refractivity contribution in [2.45, 2.75) is 0 Å². The van der Waals surface area contributed by atoms with Crippen LogP contribution in [0.5, 0.6) is 0 Å². The van der Waals surface area contributed by atoms with Gasteiger partial charge in [0.05, 0.1) is 22.4 Å². The maximum absolute atomic E-state index is 6.50. The fourth-order valence-electron chi connectivity index (χ4n) is 10.2. The molecule has 0 atom stereocenters. The number of nitrogens with zero attached hydrogens (tertiary/aromatic N) is 2. The average Bonchev–Trinajstić information content (AvgIpc) is 3.93. The minimum Gasteiger partial charge on any atom is -0.455 e. The van der Waals surface area contributed by atoms with Crippen LogP contribution in [0.2, 0.25) is 0 Å². The van der Waals surface area contributed by atoms with Crippen molar-refractivity contribution in [3.63, 3.8) is 0 Å². The summed E-state index contributed by atoms with van der Waals surface area (Å²) in [6.45, 7) is 0. The van der Waals surface area contributed by atoms with Gasteiger partial charge in [0.15, 0.2) is 0 Å². The van der Waals surface area contributed by atoms with E-state index in [4.69, 9.17) is 4.42 Å². The Bertz CT molecular complexity index is 3900. The molecule has 0 amide bonds. The Morgan fingerprint density at radius 2 is 0.831 bits per heavy atom. The van der Waals surface area contributed by atoms with Gasteiger partial charge in [0.25, 0.3) is 0 Å². The second-order valence-corrected chi connectivity index (χ2v) is 16.8. The van der Waals surface area contributed by atoms with E-state index in [-0.39, 0.29) is 0 Å². The number of fused-ring (bicyclic) bond motifs is 9. The van der Waals surface area contributed by atoms with Crippen LogP contribution in [0.1, 0.15) is 0 Å². The highest BCUT2D eigenvalue weighted by Gasteiger charge is 2.22. The summed E-state index contributed by atoms with van der Waals surface area (Å²) in [6, 6.07) is 87.7. The summed E-state index contributed by atoms with van der Waals surface area (Å²) in [5.41, 5.74) is 15.3. The van der Waals surface area contributed by atoms with E-state index in [0.29, 0.717) is 0 Å². The Balaban J connectivity index is 0.992. The van der Waals surface area contributed by atoms with Gasteiger partial charge in [-0.2, -0.15) is 0 Å². The fourth-order valence-corrected chi connectivity index (χ4v) is 10.2. The highest BCUT2D eigenvalue weighted by atomic mass is 16.3. The molecule has 0 radical (unpaired) electrons. The Hall–Kier alpha value is -8.66. The summed E-state index contributed by atoms with van der Waals surface area (Å²) in [4.78, 5) is 2.41. The van der Waals surface area contributed by atoms with Gasteiger partial charge >= 0.3 is 0 Å². The number of benzene rings is 11. The van der Waals surface area contributed by atoms with Crippen LogP contribution in [-0.4, -0.2) is 4.57 Å². The van der Waals surface area contributed by atoms with Crippen LogP contribution in [0.4, 0.5) is 17.1 Å². The molecule has 2 heterocycles. The number of anilines is 3. The lowest BCUT2D eigenvalue weighted by atomic mass is 9.93. The van der Waals surface area contributed by atoms with Crippen molar-refractivity contribution in [1.82, 2.24) is 4.57 Å². The van der Waals surface area contributed by atoms with Crippen molar-refractivity contribution in [2.75, 3.05) is 4.90 Å². The van der Waals surface area contributed by atoms with E-state index in [2.05, 4.69) is 240 Å². The zero-order valence-electron chi connectivity index (χ0n) is 35.4. The van der Waals surface area contributed by atoms with E-state index in [0.717, 1.165) is 66.9 Å². The Kier molecular flexibility index (Phi) is 8.53. The number of hydrogen-bond donors (Lipinski definition) is 0. The number of para-hydroxylation sites is 6. The summed E-state index contributed by atoms with van der Waals surface area (Å²) >= 11 is 0. The van der Waals surface area contributed by atoms with E-state index >= 15 is 0 Å². The maximum Gasteiger partial charge on any atom is 0.143 e. The van der Waals surface area contributed by atoms with Gasteiger partial charge in [-0.15, -0.1) is 0 Å². The first kappa shape index (κ1) is 36.9.